The van der Waals surface area contributed by atoms with Gasteiger partial charge in [-0.25, -0.2) is 0 Å². The number of rotatable bonds is 6. The molecule has 0 aromatic heterocycles. The molecule has 4 heteroatoms. The molecule has 1 atom stereocenters. The number of carbonyl (C=O) groups is 1. The molecule has 1 aliphatic heterocycles. The minimum Gasteiger partial charge on any atom is -0.385 e. The number of nitrogens with zero attached hydrogens (tertiary/aromatic N) is 1. The predicted octanol–water partition coefficient (Wildman–Crippen LogP) is 1.75. The summed E-state index contributed by atoms with van der Waals surface area (Å²) in [6.07, 6.45) is 9.17. The summed E-state index contributed by atoms with van der Waals surface area (Å²) in [5.74, 6) is 0.991. The third kappa shape index (κ3) is 2.79. The summed E-state index contributed by atoms with van der Waals surface area (Å²) >= 11 is 0. The molecule has 19 heavy (non-hydrogen) atoms. The van der Waals surface area contributed by atoms with Gasteiger partial charge in [-0.3, -0.25) is 10.1 Å². The van der Waals surface area contributed by atoms with Gasteiger partial charge in [-0.15, -0.1) is 0 Å². The van der Waals surface area contributed by atoms with Gasteiger partial charge >= 0.3 is 0 Å². The lowest BCUT2D eigenvalue weighted by Crippen LogP contribution is -2.45. The second kappa shape index (κ2) is 5.41. The monoisotopic (exact) mass is 266 g/mol. The van der Waals surface area contributed by atoms with E-state index in [9.17, 15) is 4.79 Å². The van der Waals surface area contributed by atoms with Crippen LogP contribution in [0.4, 0.5) is 0 Å². The minimum absolute atomic E-state index is 0.306. The van der Waals surface area contributed by atoms with Crippen molar-refractivity contribution in [3.63, 3.8) is 0 Å². The van der Waals surface area contributed by atoms with Crippen LogP contribution in [0.15, 0.2) is 0 Å². The van der Waals surface area contributed by atoms with Crippen LogP contribution in [0.1, 0.15) is 44.9 Å². The van der Waals surface area contributed by atoms with Crippen molar-refractivity contribution in [2.24, 2.45) is 11.3 Å². The quantitative estimate of drug-likeness (QED) is 0.796. The molecule has 0 spiro atoms. The maximum atomic E-state index is 12.2. The summed E-state index contributed by atoms with van der Waals surface area (Å²) in [5.41, 5.74) is 0.370. The van der Waals surface area contributed by atoms with E-state index in [0.29, 0.717) is 30.0 Å². The molecule has 0 radical (unpaired) electrons. The van der Waals surface area contributed by atoms with Crippen molar-refractivity contribution >= 4 is 5.91 Å². The molecule has 0 aromatic rings. The van der Waals surface area contributed by atoms with Crippen molar-refractivity contribution in [1.29, 1.82) is 0 Å². The lowest BCUT2D eigenvalue weighted by Gasteiger charge is -2.32. The molecule has 1 unspecified atom stereocenters. The zero-order valence-electron chi connectivity index (χ0n) is 12.0. The average molecular weight is 266 g/mol. The van der Waals surface area contributed by atoms with Crippen molar-refractivity contribution < 1.29 is 9.53 Å². The van der Waals surface area contributed by atoms with Gasteiger partial charge in [-0.05, 0) is 43.4 Å². The maximum absolute atomic E-state index is 12.2. The first kappa shape index (κ1) is 13.4. The van der Waals surface area contributed by atoms with Crippen molar-refractivity contribution in [3.8, 4) is 0 Å². The van der Waals surface area contributed by atoms with E-state index < -0.39 is 0 Å². The fourth-order valence-electron chi connectivity index (χ4n) is 3.78. The molecule has 1 heterocycles. The van der Waals surface area contributed by atoms with E-state index in [1.54, 1.807) is 7.11 Å². The van der Waals surface area contributed by atoms with Crippen LogP contribution in [0.25, 0.3) is 0 Å². The van der Waals surface area contributed by atoms with Gasteiger partial charge in [0, 0.05) is 20.3 Å². The molecule has 0 aromatic carbocycles. The van der Waals surface area contributed by atoms with Crippen LogP contribution >= 0.6 is 0 Å². The summed E-state index contributed by atoms with van der Waals surface area (Å²) in [6, 6.07) is 0. The van der Waals surface area contributed by atoms with E-state index in [2.05, 4.69) is 10.2 Å². The Hall–Kier alpha value is -0.610. The number of methoxy groups -OCH3 is 1. The smallest absolute Gasteiger partial charge is 0.237 e. The lowest BCUT2D eigenvalue weighted by atomic mass is 9.99. The molecule has 1 amide bonds. The Balaban J connectivity index is 1.62. The van der Waals surface area contributed by atoms with Crippen molar-refractivity contribution in [2.75, 3.05) is 26.8 Å². The van der Waals surface area contributed by atoms with Gasteiger partial charge in [0.1, 0.15) is 0 Å². The third-order valence-electron chi connectivity index (χ3n) is 5.26. The molecule has 108 valence electrons. The zero-order chi connectivity index (χ0) is 13.3. The van der Waals surface area contributed by atoms with Crippen molar-refractivity contribution in [1.82, 2.24) is 10.2 Å². The van der Waals surface area contributed by atoms with Gasteiger partial charge in [0.25, 0.3) is 0 Å². The number of amides is 1. The van der Waals surface area contributed by atoms with Crippen LogP contribution < -0.4 is 5.32 Å². The first-order valence-corrected chi connectivity index (χ1v) is 7.76. The molecule has 3 aliphatic rings. The Morgan fingerprint density at radius 2 is 2.11 bits per heavy atom. The van der Waals surface area contributed by atoms with Gasteiger partial charge in [0.15, 0.2) is 0 Å². The van der Waals surface area contributed by atoms with Crippen molar-refractivity contribution in [3.05, 3.63) is 0 Å². The van der Waals surface area contributed by atoms with Gasteiger partial charge in [-0.2, -0.15) is 0 Å². The molecule has 3 rings (SSSR count). The first-order valence-electron chi connectivity index (χ1n) is 7.76. The minimum atomic E-state index is 0.306. The molecule has 2 saturated carbocycles. The van der Waals surface area contributed by atoms with E-state index in [4.69, 9.17) is 4.74 Å². The van der Waals surface area contributed by atoms with E-state index in [0.717, 1.165) is 19.6 Å². The highest BCUT2D eigenvalue weighted by Gasteiger charge is 2.47. The van der Waals surface area contributed by atoms with Gasteiger partial charge in [-0.1, -0.05) is 12.8 Å². The van der Waals surface area contributed by atoms with Crippen LogP contribution in [0, 0.1) is 11.3 Å². The summed E-state index contributed by atoms with van der Waals surface area (Å²) in [4.78, 5) is 14.3. The van der Waals surface area contributed by atoms with Crippen LogP contribution in [0.3, 0.4) is 0 Å². The molecular weight excluding hydrogens is 240 g/mol. The standard InChI is InChI=1S/C15H26N2O2/c1-19-9-8-15(6-7-15)11-17-13(18)10-16-14(17)12-4-2-3-5-12/h12,14,16H,2-11H2,1H3. The lowest BCUT2D eigenvalue weighted by molar-refractivity contribution is -0.129. The molecule has 1 saturated heterocycles. The maximum Gasteiger partial charge on any atom is 0.237 e. The number of hydrogen-bond acceptors (Lipinski definition) is 3. The van der Waals surface area contributed by atoms with Gasteiger partial charge in [0.05, 0.1) is 12.7 Å². The summed E-state index contributed by atoms with van der Waals surface area (Å²) in [5, 5.41) is 3.45. The second-order valence-corrected chi connectivity index (χ2v) is 6.63. The number of ether oxygens (including phenoxy) is 1. The summed E-state index contributed by atoms with van der Waals surface area (Å²) in [6.45, 7) is 2.31. The topological polar surface area (TPSA) is 41.6 Å². The zero-order valence-corrected chi connectivity index (χ0v) is 12.0. The molecule has 4 nitrogen and oxygen atoms in total. The Morgan fingerprint density at radius 1 is 1.37 bits per heavy atom. The van der Waals surface area contributed by atoms with E-state index >= 15 is 0 Å². The Morgan fingerprint density at radius 3 is 2.74 bits per heavy atom. The molecular formula is C15H26N2O2. The number of hydrogen-bond donors (Lipinski definition) is 1. The normalized spacial score (nSPS) is 30.3. The average Bonchev–Trinajstić information content (AvgIpc) is 2.82. The summed E-state index contributed by atoms with van der Waals surface area (Å²) in [7, 11) is 1.76. The van der Waals surface area contributed by atoms with E-state index in [-0.39, 0.29) is 0 Å². The third-order valence-corrected chi connectivity index (χ3v) is 5.26. The van der Waals surface area contributed by atoms with Crippen LogP contribution in [-0.2, 0) is 9.53 Å². The SMILES string of the molecule is COCCC1(CN2C(=O)CNC2C2CCCC2)CC1. The number of nitrogens with one attached hydrogen (secondary N) is 1. The largest absolute Gasteiger partial charge is 0.385 e. The fraction of sp³-hybridized carbons (Fsp3) is 0.933. The van der Waals surface area contributed by atoms with Crippen molar-refractivity contribution in [2.45, 2.75) is 51.1 Å². The Bertz CT molecular complexity index is 335. The summed E-state index contributed by atoms with van der Waals surface area (Å²) < 4.78 is 5.22. The van der Waals surface area contributed by atoms with Crippen LogP contribution in [-0.4, -0.2) is 43.8 Å². The van der Waals surface area contributed by atoms with Crippen LogP contribution in [0.2, 0.25) is 0 Å². The fourth-order valence-corrected chi connectivity index (χ4v) is 3.78. The molecule has 0 bridgehead atoms. The van der Waals surface area contributed by atoms with Gasteiger partial charge < -0.3 is 9.64 Å². The Labute approximate surface area is 115 Å². The first-order chi connectivity index (χ1) is 9.24. The van der Waals surface area contributed by atoms with Crippen LogP contribution in [0.5, 0.6) is 0 Å². The molecule has 2 aliphatic carbocycles. The highest BCUT2D eigenvalue weighted by molar-refractivity contribution is 5.80. The predicted molar refractivity (Wildman–Crippen MR) is 73.6 cm³/mol. The highest BCUT2D eigenvalue weighted by atomic mass is 16.5. The second-order valence-electron chi connectivity index (χ2n) is 6.63. The highest BCUT2D eigenvalue weighted by Crippen LogP contribution is 2.50. The number of carbonyl (C=O) groups excluding carboxylic acids is 1. The molecule has 1 N–H and O–H groups in total. The molecule has 3 fully saturated rings. The Kier molecular flexibility index (Phi) is 3.81. The van der Waals surface area contributed by atoms with E-state index in [1.165, 1.54) is 38.5 Å². The van der Waals surface area contributed by atoms with E-state index in [1.807, 2.05) is 0 Å². The van der Waals surface area contributed by atoms with Gasteiger partial charge in [0.2, 0.25) is 5.91 Å².